The number of hydrogen-bond donors (Lipinski definition) is 4. The van der Waals surface area contributed by atoms with Gasteiger partial charge in [0.2, 0.25) is 23.6 Å². The molecule has 6 heterocycles. The summed E-state index contributed by atoms with van der Waals surface area (Å²) >= 11 is 0. The number of amides is 4. The summed E-state index contributed by atoms with van der Waals surface area (Å²) < 4.78 is 14.2. The summed E-state index contributed by atoms with van der Waals surface area (Å²) in [4.78, 5) is 61.0. The Bertz CT molecular complexity index is 2160. The van der Waals surface area contributed by atoms with Gasteiger partial charge < -0.3 is 31.1 Å². The fourth-order valence-electron chi connectivity index (χ4n) is 10.4. The number of piperazine rings is 2. The molecule has 4 fully saturated rings. The van der Waals surface area contributed by atoms with Gasteiger partial charge in [-0.15, -0.1) is 0 Å². The molecule has 0 radical (unpaired) electrons. The smallest absolute Gasteiger partial charge is 0.247 e. The van der Waals surface area contributed by atoms with E-state index in [1.54, 1.807) is 21.9 Å². The van der Waals surface area contributed by atoms with Gasteiger partial charge in [0.25, 0.3) is 0 Å². The molecule has 10 rings (SSSR count). The van der Waals surface area contributed by atoms with Crippen LogP contribution in [0.4, 0.5) is 15.8 Å². The molecule has 0 saturated carbocycles. The van der Waals surface area contributed by atoms with E-state index >= 15 is 0 Å². The first kappa shape index (κ1) is 30.1. The van der Waals surface area contributed by atoms with Crippen molar-refractivity contribution < 1.29 is 23.6 Å². The molecule has 0 spiro atoms. The van der Waals surface area contributed by atoms with Crippen molar-refractivity contribution in [2.24, 2.45) is 0 Å². The van der Waals surface area contributed by atoms with Crippen LogP contribution in [0.25, 0.3) is 0 Å². The van der Waals surface area contributed by atoms with Crippen LogP contribution in [-0.4, -0.2) is 69.9 Å². The average molecular weight is 683 g/mol. The molecule has 4 amide bonds. The molecular formula is C40H35FN6O4. The minimum Gasteiger partial charge on any atom is -0.364 e. The van der Waals surface area contributed by atoms with Crippen LogP contribution in [0.3, 0.4) is 0 Å². The number of hydrogen-bond acceptors (Lipinski definition) is 6. The Hall–Kier alpha value is -5.71. The molecule has 11 heteroatoms. The van der Waals surface area contributed by atoms with E-state index in [0.717, 1.165) is 28.1 Å². The molecule has 10 nitrogen and oxygen atoms in total. The van der Waals surface area contributed by atoms with Gasteiger partial charge in [-0.2, -0.15) is 0 Å². The van der Waals surface area contributed by atoms with Crippen molar-refractivity contribution in [1.29, 1.82) is 0 Å². The minimum atomic E-state index is -0.925. The highest BCUT2D eigenvalue weighted by Crippen LogP contribution is 2.68. The van der Waals surface area contributed by atoms with Crippen LogP contribution in [0.5, 0.6) is 0 Å². The highest BCUT2D eigenvalue weighted by Gasteiger charge is 2.78. The van der Waals surface area contributed by atoms with Crippen LogP contribution in [0.1, 0.15) is 35.1 Å². The number of nitrogens with one attached hydrogen (secondary N) is 4. The molecule has 8 atom stereocenters. The Morgan fingerprint density at radius 1 is 0.569 bits per heavy atom. The number of fused-ring (bicyclic) bond motifs is 11. The number of halogens is 1. The zero-order valence-corrected chi connectivity index (χ0v) is 27.5. The van der Waals surface area contributed by atoms with Gasteiger partial charge in [0, 0.05) is 24.2 Å². The first-order valence-corrected chi connectivity index (χ1v) is 17.6. The summed E-state index contributed by atoms with van der Waals surface area (Å²) in [6.07, 6.45) is -0.214. The number of carbonyl (C=O) groups excluding carboxylic acids is 4. The van der Waals surface area contributed by atoms with Crippen molar-refractivity contribution in [3.05, 3.63) is 131 Å². The van der Waals surface area contributed by atoms with E-state index in [9.17, 15) is 23.6 Å². The molecule has 4 N–H and O–H groups in total. The monoisotopic (exact) mass is 682 g/mol. The Labute approximate surface area is 293 Å². The third kappa shape index (κ3) is 3.97. The predicted molar refractivity (Wildman–Crippen MR) is 186 cm³/mol. The molecule has 0 aromatic heterocycles. The summed E-state index contributed by atoms with van der Waals surface area (Å²) in [6, 6.07) is 28.5. The summed E-state index contributed by atoms with van der Waals surface area (Å²) in [5.41, 5.74) is 3.33. The maximum absolute atomic E-state index is 14.6. The van der Waals surface area contributed by atoms with E-state index in [1.807, 2.05) is 66.7 Å². The van der Waals surface area contributed by atoms with Gasteiger partial charge in [-0.05, 0) is 59.4 Å². The topological polar surface area (TPSA) is 123 Å². The van der Waals surface area contributed by atoms with E-state index in [-0.39, 0.29) is 36.5 Å². The van der Waals surface area contributed by atoms with Crippen molar-refractivity contribution in [2.45, 2.75) is 73.0 Å². The maximum Gasteiger partial charge on any atom is 0.247 e. The van der Waals surface area contributed by atoms with E-state index < -0.39 is 53.1 Å². The lowest BCUT2D eigenvalue weighted by Crippen LogP contribution is -2.67. The number of benzene rings is 4. The van der Waals surface area contributed by atoms with Gasteiger partial charge in [0.1, 0.15) is 42.3 Å². The van der Waals surface area contributed by atoms with Crippen LogP contribution in [-0.2, 0) is 42.8 Å². The molecule has 51 heavy (non-hydrogen) atoms. The summed E-state index contributed by atoms with van der Waals surface area (Å²) in [7, 11) is 0. The molecular weight excluding hydrogens is 647 g/mol. The van der Waals surface area contributed by atoms with Gasteiger partial charge >= 0.3 is 0 Å². The van der Waals surface area contributed by atoms with Crippen LogP contribution >= 0.6 is 0 Å². The number of nitrogens with zero attached hydrogens (tertiary/aromatic N) is 2. The zero-order valence-electron chi connectivity index (χ0n) is 27.5. The first-order chi connectivity index (χ1) is 24.8. The lowest BCUT2D eigenvalue weighted by Gasteiger charge is -2.48. The number of rotatable bonds is 5. The van der Waals surface area contributed by atoms with E-state index in [2.05, 4.69) is 33.4 Å². The molecule has 0 aliphatic carbocycles. The predicted octanol–water partition coefficient (Wildman–Crippen LogP) is 3.19. The summed E-state index contributed by atoms with van der Waals surface area (Å²) in [5.74, 6) is -1.31. The quantitative estimate of drug-likeness (QED) is 0.257. The van der Waals surface area contributed by atoms with Crippen LogP contribution < -0.4 is 21.3 Å². The molecule has 4 saturated heterocycles. The summed E-state index contributed by atoms with van der Waals surface area (Å²) in [6.45, 7) is 0. The zero-order chi connectivity index (χ0) is 34.6. The van der Waals surface area contributed by atoms with Gasteiger partial charge in [-0.25, -0.2) is 4.39 Å². The van der Waals surface area contributed by atoms with Crippen LogP contribution in [0.15, 0.2) is 103 Å². The molecule has 6 aliphatic heterocycles. The van der Waals surface area contributed by atoms with E-state index in [4.69, 9.17) is 0 Å². The average Bonchev–Trinajstić information content (AvgIpc) is 3.84. The molecule has 4 aromatic carbocycles. The van der Waals surface area contributed by atoms with Gasteiger partial charge in [0.15, 0.2) is 0 Å². The Morgan fingerprint density at radius 2 is 1.04 bits per heavy atom. The van der Waals surface area contributed by atoms with Crippen molar-refractivity contribution in [3.8, 4) is 0 Å². The lowest BCUT2D eigenvalue weighted by molar-refractivity contribution is -0.149. The number of carbonyl (C=O) groups is 4. The first-order valence-electron chi connectivity index (χ1n) is 17.6. The van der Waals surface area contributed by atoms with Crippen molar-refractivity contribution in [1.82, 2.24) is 20.4 Å². The van der Waals surface area contributed by atoms with Gasteiger partial charge in [-0.3, -0.25) is 19.2 Å². The molecule has 0 bridgehead atoms. The maximum atomic E-state index is 14.6. The second-order valence-corrected chi connectivity index (χ2v) is 14.7. The third-order valence-corrected chi connectivity index (χ3v) is 12.3. The summed E-state index contributed by atoms with van der Waals surface area (Å²) in [5, 5.41) is 13.4. The largest absolute Gasteiger partial charge is 0.364 e. The second kappa shape index (κ2) is 10.6. The van der Waals surface area contributed by atoms with E-state index in [0.29, 0.717) is 18.4 Å². The van der Waals surface area contributed by atoms with E-state index in [1.165, 1.54) is 12.1 Å². The third-order valence-electron chi connectivity index (χ3n) is 12.3. The normalized spacial score (nSPS) is 32.5. The van der Waals surface area contributed by atoms with Gasteiger partial charge in [0.05, 0.1) is 10.8 Å². The second-order valence-electron chi connectivity index (χ2n) is 14.7. The lowest BCUT2D eigenvalue weighted by atomic mass is 9.54. The van der Waals surface area contributed by atoms with Crippen molar-refractivity contribution >= 4 is 35.0 Å². The van der Waals surface area contributed by atoms with Crippen molar-refractivity contribution in [3.63, 3.8) is 0 Å². The molecule has 256 valence electrons. The number of anilines is 2. The highest BCUT2D eigenvalue weighted by molar-refractivity contribution is 6.01. The van der Waals surface area contributed by atoms with Crippen LogP contribution in [0, 0.1) is 5.82 Å². The Morgan fingerprint density at radius 3 is 1.57 bits per heavy atom. The fraction of sp³-hybridized carbons (Fsp3) is 0.300. The van der Waals surface area contributed by atoms with Crippen molar-refractivity contribution in [2.75, 3.05) is 10.6 Å². The highest BCUT2D eigenvalue weighted by atomic mass is 19.1. The van der Waals surface area contributed by atoms with Gasteiger partial charge in [-0.1, -0.05) is 78.9 Å². The molecule has 4 aromatic rings. The number of para-hydroxylation sites is 2. The Balaban J connectivity index is 1.12. The molecule has 0 unspecified atom stereocenters. The van der Waals surface area contributed by atoms with Crippen LogP contribution in [0.2, 0.25) is 0 Å². The Kier molecular flexibility index (Phi) is 6.29. The molecule has 6 aliphatic rings. The fourth-order valence-corrected chi connectivity index (χ4v) is 10.4. The minimum absolute atomic E-state index is 0.143. The SMILES string of the molecule is O=C1N[C@@H](Cc2ccccc2)C(=O)N2[C@H]3Nc4ccccc4[C@@]3([C@]34C[C@H]5C(=O)N[C@@H](Cc6cccc(F)c6)C(=O)N5[C@H]3Nc3ccccc34)C[C@@H]12. The standard InChI is InChI=1S/C40H35FN6O4/c41-24-12-8-11-23(17-24)19-30-36(51)47-32(34(49)43-30)21-40(26-14-5-7-16-28(26)45-38(40)47)39-20-31-33(48)42-29(18-22-9-2-1-3-10-22)35(50)46(31)37(39)44-27-15-6-4-13-25(27)39/h1-17,29-32,37-38,44-45H,18-21H2,(H,42,48)(H,43,49)/t29-,30-,31-,32-,37+,38+,39-,40-/m0/s1.